The van der Waals surface area contributed by atoms with Gasteiger partial charge in [0.25, 0.3) is 0 Å². The van der Waals surface area contributed by atoms with Crippen LogP contribution >= 0.6 is 0 Å². The van der Waals surface area contributed by atoms with Gasteiger partial charge in [0.15, 0.2) is 0 Å². The Labute approximate surface area is 131 Å². The molecule has 2 aliphatic heterocycles. The number of fused-ring (bicyclic) bond motifs is 1. The molecule has 120 valence electrons. The van der Waals surface area contributed by atoms with Crippen LogP contribution in [0.2, 0.25) is 0 Å². The number of sulfonamides is 1. The smallest absolute Gasteiger partial charge is 0.243 e. The van der Waals surface area contributed by atoms with Crippen LogP contribution in [0.3, 0.4) is 0 Å². The van der Waals surface area contributed by atoms with Gasteiger partial charge in [0.05, 0.1) is 38.1 Å². The second kappa shape index (κ2) is 5.64. The van der Waals surface area contributed by atoms with E-state index in [0.717, 1.165) is 24.3 Å². The third-order valence-electron chi connectivity index (χ3n) is 4.54. The third kappa shape index (κ3) is 2.64. The molecule has 0 bridgehead atoms. The summed E-state index contributed by atoms with van der Waals surface area (Å²) in [6, 6.07) is 5.12. The fourth-order valence-electron chi connectivity index (χ4n) is 3.12. The molecule has 0 radical (unpaired) electrons. The van der Waals surface area contributed by atoms with Gasteiger partial charge in [-0.05, 0) is 30.2 Å². The van der Waals surface area contributed by atoms with E-state index < -0.39 is 10.0 Å². The van der Waals surface area contributed by atoms with Crippen LogP contribution in [0.4, 0.5) is 5.69 Å². The molecule has 22 heavy (non-hydrogen) atoms. The number of nitrogens with one attached hydrogen (secondary N) is 1. The van der Waals surface area contributed by atoms with Gasteiger partial charge in [-0.3, -0.25) is 4.79 Å². The molecule has 1 aromatic carbocycles. The van der Waals surface area contributed by atoms with E-state index in [0.29, 0.717) is 31.0 Å². The van der Waals surface area contributed by atoms with Crippen molar-refractivity contribution in [2.75, 3.05) is 44.7 Å². The van der Waals surface area contributed by atoms with Crippen LogP contribution in [0.1, 0.15) is 12.5 Å². The minimum absolute atomic E-state index is 0.00333. The number of benzene rings is 1. The zero-order valence-electron chi connectivity index (χ0n) is 13.0. The van der Waals surface area contributed by atoms with Crippen molar-refractivity contribution in [1.29, 1.82) is 0 Å². The molecule has 6 nitrogen and oxygen atoms in total. The van der Waals surface area contributed by atoms with Crippen molar-refractivity contribution in [3.63, 3.8) is 0 Å². The second-order valence-corrected chi connectivity index (χ2v) is 8.01. The van der Waals surface area contributed by atoms with Gasteiger partial charge in [-0.15, -0.1) is 0 Å². The predicted molar refractivity (Wildman–Crippen MR) is 83.6 cm³/mol. The molecule has 7 heteroatoms. The Balaban J connectivity index is 1.88. The van der Waals surface area contributed by atoms with Crippen molar-refractivity contribution in [3.8, 4) is 0 Å². The lowest BCUT2D eigenvalue weighted by molar-refractivity contribution is -0.883. The highest BCUT2D eigenvalue weighted by Gasteiger charge is 2.31. The maximum atomic E-state index is 12.7. The number of amides is 1. The molecule has 0 saturated carbocycles. The molecule has 0 aliphatic carbocycles. The number of hydrogen-bond donors (Lipinski definition) is 1. The summed E-state index contributed by atoms with van der Waals surface area (Å²) in [5, 5.41) is 0. The number of carbonyl (C=O) groups is 1. The van der Waals surface area contributed by atoms with Gasteiger partial charge in [-0.2, -0.15) is 4.31 Å². The van der Waals surface area contributed by atoms with E-state index in [2.05, 4.69) is 7.05 Å². The zero-order valence-corrected chi connectivity index (χ0v) is 13.8. The first kappa shape index (κ1) is 15.5. The van der Waals surface area contributed by atoms with Crippen molar-refractivity contribution in [3.05, 3.63) is 23.8 Å². The summed E-state index contributed by atoms with van der Waals surface area (Å²) < 4.78 is 27.1. The first-order chi connectivity index (χ1) is 10.4. The Bertz CT molecular complexity index is 694. The molecular weight excluding hydrogens is 302 g/mol. The Morgan fingerprint density at radius 2 is 1.86 bits per heavy atom. The first-order valence-corrected chi connectivity index (χ1v) is 9.06. The lowest BCUT2D eigenvalue weighted by Gasteiger charge is -2.29. The van der Waals surface area contributed by atoms with Crippen molar-refractivity contribution in [1.82, 2.24) is 4.31 Å². The van der Waals surface area contributed by atoms with Crippen LogP contribution in [0.25, 0.3) is 0 Å². The molecule has 3 rings (SSSR count). The second-order valence-electron chi connectivity index (χ2n) is 6.07. The molecule has 0 spiro atoms. The van der Waals surface area contributed by atoms with E-state index in [9.17, 15) is 13.2 Å². The topological polar surface area (TPSA) is 62.1 Å². The van der Waals surface area contributed by atoms with Gasteiger partial charge in [0, 0.05) is 19.2 Å². The quantitative estimate of drug-likeness (QED) is 0.768. The van der Waals surface area contributed by atoms with Crippen LogP contribution < -0.4 is 9.80 Å². The van der Waals surface area contributed by atoms with Crippen LogP contribution in [-0.2, 0) is 21.2 Å². The molecule has 0 atom stereocenters. The van der Waals surface area contributed by atoms with E-state index in [-0.39, 0.29) is 5.91 Å². The number of rotatable bonds is 2. The number of quaternary nitrogens is 1. The molecule has 1 amide bonds. The summed E-state index contributed by atoms with van der Waals surface area (Å²) in [5.74, 6) is -0.00333. The highest BCUT2D eigenvalue weighted by atomic mass is 32.2. The van der Waals surface area contributed by atoms with Gasteiger partial charge in [-0.25, -0.2) is 8.42 Å². The maximum absolute atomic E-state index is 12.7. The highest BCUT2D eigenvalue weighted by Crippen LogP contribution is 2.31. The van der Waals surface area contributed by atoms with Crippen LogP contribution in [0.15, 0.2) is 23.1 Å². The van der Waals surface area contributed by atoms with Crippen LogP contribution in [-0.4, -0.2) is 58.4 Å². The molecule has 1 saturated heterocycles. The number of piperazine rings is 1. The van der Waals surface area contributed by atoms with Gasteiger partial charge in [0.2, 0.25) is 15.9 Å². The van der Waals surface area contributed by atoms with Crippen LogP contribution in [0.5, 0.6) is 0 Å². The maximum Gasteiger partial charge on any atom is 0.243 e. The minimum Gasteiger partial charge on any atom is -0.335 e. The number of carbonyl (C=O) groups excluding carboxylic acids is 1. The number of anilines is 1. The average molecular weight is 324 g/mol. The normalized spacial score (nSPS) is 20.2. The van der Waals surface area contributed by atoms with Crippen molar-refractivity contribution in [2.45, 2.75) is 18.2 Å². The third-order valence-corrected chi connectivity index (χ3v) is 6.43. The fraction of sp³-hybridized carbons (Fsp3) is 0.533. The van der Waals surface area contributed by atoms with E-state index in [1.165, 1.54) is 11.8 Å². The van der Waals surface area contributed by atoms with Gasteiger partial charge >= 0.3 is 0 Å². The van der Waals surface area contributed by atoms with Crippen LogP contribution in [0, 0.1) is 0 Å². The molecule has 1 aromatic rings. The lowest BCUT2D eigenvalue weighted by Crippen LogP contribution is -3.12. The number of hydrogen-bond acceptors (Lipinski definition) is 3. The van der Waals surface area contributed by atoms with Crippen molar-refractivity contribution in [2.24, 2.45) is 0 Å². The molecule has 1 N–H and O–H groups in total. The van der Waals surface area contributed by atoms with E-state index >= 15 is 0 Å². The molecule has 0 unspecified atom stereocenters. The first-order valence-electron chi connectivity index (χ1n) is 7.62. The monoisotopic (exact) mass is 324 g/mol. The van der Waals surface area contributed by atoms with E-state index in [1.807, 2.05) is 0 Å². The number of nitrogens with zero attached hydrogens (tertiary/aromatic N) is 2. The molecule has 1 fully saturated rings. The molecule has 0 aromatic heterocycles. The molecular formula is C15H22N3O3S+. The van der Waals surface area contributed by atoms with Gasteiger partial charge in [-0.1, -0.05) is 0 Å². The highest BCUT2D eigenvalue weighted by molar-refractivity contribution is 7.89. The van der Waals surface area contributed by atoms with Gasteiger partial charge < -0.3 is 9.80 Å². The summed E-state index contributed by atoms with van der Waals surface area (Å²) in [7, 11) is -1.35. The predicted octanol–water partition coefficient (Wildman–Crippen LogP) is -0.885. The molecule has 2 aliphatic rings. The van der Waals surface area contributed by atoms with Crippen molar-refractivity contribution >= 4 is 21.6 Å². The summed E-state index contributed by atoms with van der Waals surface area (Å²) in [4.78, 5) is 15.0. The Morgan fingerprint density at radius 3 is 2.50 bits per heavy atom. The zero-order chi connectivity index (χ0) is 15.9. The summed E-state index contributed by atoms with van der Waals surface area (Å²) in [6.45, 7) is 4.96. The standard InChI is InChI=1S/C15H21N3O3S/c1-12(19)18-6-5-13-11-14(3-4-15(13)18)22(20,21)17-9-7-16(2)8-10-17/h3-4,11H,5-10H2,1-2H3/p+1. The minimum atomic E-state index is -3.43. The fourth-order valence-corrected chi connectivity index (χ4v) is 4.62. The largest absolute Gasteiger partial charge is 0.335 e. The van der Waals surface area contributed by atoms with Crippen molar-refractivity contribution < 1.29 is 18.1 Å². The van der Waals surface area contributed by atoms with Gasteiger partial charge in [0.1, 0.15) is 0 Å². The Hall–Kier alpha value is -1.44. The Morgan fingerprint density at radius 1 is 1.18 bits per heavy atom. The average Bonchev–Trinajstić information content (AvgIpc) is 2.90. The summed E-state index contributed by atoms with van der Waals surface area (Å²) in [6.07, 6.45) is 0.713. The number of likely N-dealkylation sites (N-methyl/N-ethyl adjacent to an activating group) is 1. The SMILES string of the molecule is CC(=O)N1CCc2cc(S(=O)(=O)N3CC[NH+](C)CC3)ccc21. The summed E-state index contributed by atoms with van der Waals surface area (Å²) in [5.41, 5.74) is 1.78. The van der Waals surface area contributed by atoms with E-state index in [1.54, 1.807) is 27.4 Å². The lowest BCUT2D eigenvalue weighted by atomic mass is 10.2. The Kier molecular flexibility index (Phi) is 3.96. The van der Waals surface area contributed by atoms with E-state index in [4.69, 9.17) is 0 Å². The molecule has 2 heterocycles. The summed E-state index contributed by atoms with van der Waals surface area (Å²) >= 11 is 0.